The Morgan fingerprint density at radius 3 is 2.60 bits per heavy atom. The van der Waals surface area contributed by atoms with Gasteiger partial charge in [-0.1, -0.05) is 18.2 Å². The van der Waals surface area contributed by atoms with Crippen LogP contribution in [0.1, 0.15) is 17.2 Å². The van der Waals surface area contributed by atoms with Crippen LogP contribution in [0.15, 0.2) is 61.2 Å². The smallest absolute Gasteiger partial charge is 0.0364 e. The molecule has 0 aliphatic rings. The summed E-state index contributed by atoms with van der Waals surface area (Å²) < 4.78 is 0. The zero-order valence-corrected chi connectivity index (χ0v) is 11.5. The monoisotopic (exact) mass is 263 g/mol. The minimum absolute atomic E-state index is 0.281. The number of hydrogen-bond donors (Lipinski definition) is 1. The van der Waals surface area contributed by atoms with Gasteiger partial charge >= 0.3 is 0 Å². The number of rotatable bonds is 4. The number of aromatic nitrogens is 2. The first-order valence-corrected chi connectivity index (χ1v) is 6.77. The van der Waals surface area contributed by atoms with Gasteiger partial charge in [0, 0.05) is 36.2 Å². The van der Waals surface area contributed by atoms with Crippen LogP contribution in [0.2, 0.25) is 0 Å². The first-order chi connectivity index (χ1) is 9.88. The molecule has 1 atom stereocenters. The van der Waals surface area contributed by atoms with E-state index in [2.05, 4.69) is 51.7 Å². The molecule has 0 saturated heterocycles. The highest BCUT2D eigenvalue weighted by molar-refractivity contribution is 5.85. The summed E-state index contributed by atoms with van der Waals surface area (Å²) in [5.41, 5.74) is 2.59. The Morgan fingerprint density at radius 1 is 1.00 bits per heavy atom. The number of pyridine rings is 2. The topological polar surface area (TPSA) is 37.8 Å². The normalized spacial score (nSPS) is 12.4. The highest BCUT2D eigenvalue weighted by Crippen LogP contribution is 2.25. The summed E-state index contributed by atoms with van der Waals surface area (Å²) in [5.74, 6) is 0. The lowest BCUT2D eigenvalue weighted by Gasteiger charge is -2.18. The van der Waals surface area contributed by atoms with Crippen LogP contribution in [-0.4, -0.2) is 17.0 Å². The molecule has 0 spiro atoms. The van der Waals surface area contributed by atoms with E-state index in [0.717, 1.165) is 6.42 Å². The van der Waals surface area contributed by atoms with Crippen molar-refractivity contribution >= 4 is 10.8 Å². The number of fused-ring (bicyclic) bond motifs is 1. The van der Waals surface area contributed by atoms with Crippen LogP contribution < -0.4 is 5.32 Å². The van der Waals surface area contributed by atoms with Gasteiger partial charge < -0.3 is 5.32 Å². The molecule has 3 rings (SSSR count). The average Bonchev–Trinajstić information content (AvgIpc) is 2.53. The van der Waals surface area contributed by atoms with Gasteiger partial charge in [0.2, 0.25) is 0 Å². The fraction of sp³-hybridized carbons (Fsp3) is 0.176. The first kappa shape index (κ1) is 12.8. The average molecular weight is 263 g/mol. The largest absolute Gasteiger partial charge is 0.313 e. The summed E-state index contributed by atoms with van der Waals surface area (Å²) in [6, 6.07) is 12.9. The summed E-state index contributed by atoms with van der Waals surface area (Å²) in [7, 11) is 2.01. The van der Waals surface area contributed by atoms with Crippen LogP contribution in [0.4, 0.5) is 0 Å². The molecule has 0 radical (unpaired) electrons. The van der Waals surface area contributed by atoms with Crippen LogP contribution in [-0.2, 0) is 6.42 Å². The molecule has 1 unspecified atom stereocenters. The highest BCUT2D eigenvalue weighted by Gasteiger charge is 2.13. The molecule has 2 heterocycles. The lowest BCUT2D eigenvalue weighted by atomic mass is 9.95. The molecular formula is C17H17N3. The maximum absolute atomic E-state index is 4.19. The molecule has 3 heteroatoms. The van der Waals surface area contributed by atoms with E-state index in [4.69, 9.17) is 0 Å². The molecule has 0 saturated carbocycles. The van der Waals surface area contributed by atoms with Gasteiger partial charge in [0.15, 0.2) is 0 Å². The molecule has 0 aliphatic carbocycles. The molecule has 0 fully saturated rings. The summed E-state index contributed by atoms with van der Waals surface area (Å²) in [4.78, 5) is 8.27. The van der Waals surface area contributed by atoms with Crippen LogP contribution in [0.3, 0.4) is 0 Å². The quantitative estimate of drug-likeness (QED) is 0.786. The van der Waals surface area contributed by atoms with Gasteiger partial charge in [0.05, 0.1) is 0 Å². The summed E-state index contributed by atoms with van der Waals surface area (Å²) in [6.45, 7) is 0. The standard InChI is InChI=1S/C17H17N3/c1-18-17(11-13-5-8-19-9-6-13)16-4-2-3-14-12-20-10-7-15(14)16/h2-10,12,17-18H,11H2,1H3. The van der Waals surface area contributed by atoms with Crippen molar-refractivity contribution in [2.45, 2.75) is 12.5 Å². The van der Waals surface area contributed by atoms with Gasteiger partial charge in [-0.3, -0.25) is 9.97 Å². The minimum Gasteiger partial charge on any atom is -0.313 e. The van der Waals surface area contributed by atoms with Gasteiger partial charge in [0.1, 0.15) is 0 Å². The Balaban J connectivity index is 1.99. The number of nitrogens with zero attached hydrogens (tertiary/aromatic N) is 2. The Kier molecular flexibility index (Phi) is 3.70. The fourth-order valence-electron chi connectivity index (χ4n) is 2.57. The van der Waals surface area contributed by atoms with E-state index in [1.807, 2.05) is 31.8 Å². The maximum atomic E-state index is 4.19. The van der Waals surface area contributed by atoms with Crippen molar-refractivity contribution in [3.05, 3.63) is 72.3 Å². The molecule has 3 nitrogen and oxygen atoms in total. The number of hydrogen-bond acceptors (Lipinski definition) is 3. The highest BCUT2D eigenvalue weighted by atomic mass is 14.9. The summed E-state index contributed by atoms with van der Waals surface area (Å²) >= 11 is 0. The zero-order chi connectivity index (χ0) is 13.8. The number of nitrogens with one attached hydrogen (secondary N) is 1. The molecule has 1 N–H and O–H groups in total. The molecule has 2 aromatic heterocycles. The summed E-state index contributed by atoms with van der Waals surface area (Å²) in [6.07, 6.45) is 8.40. The van der Waals surface area contributed by atoms with E-state index >= 15 is 0 Å². The van der Waals surface area contributed by atoms with Crippen molar-refractivity contribution in [1.82, 2.24) is 15.3 Å². The van der Waals surface area contributed by atoms with Gasteiger partial charge in [-0.2, -0.15) is 0 Å². The minimum atomic E-state index is 0.281. The molecule has 0 amide bonds. The second-order valence-corrected chi connectivity index (χ2v) is 4.84. The molecular weight excluding hydrogens is 246 g/mol. The maximum Gasteiger partial charge on any atom is 0.0364 e. The van der Waals surface area contributed by atoms with Crippen LogP contribution in [0, 0.1) is 0 Å². The van der Waals surface area contributed by atoms with E-state index in [1.165, 1.54) is 21.9 Å². The van der Waals surface area contributed by atoms with Crippen molar-refractivity contribution in [1.29, 1.82) is 0 Å². The molecule has 20 heavy (non-hydrogen) atoms. The van der Waals surface area contributed by atoms with E-state index in [1.54, 1.807) is 0 Å². The zero-order valence-electron chi connectivity index (χ0n) is 11.5. The summed E-state index contributed by atoms with van der Waals surface area (Å²) in [5, 5.41) is 5.86. The third-order valence-corrected chi connectivity index (χ3v) is 3.63. The van der Waals surface area contributed by atoms with Crippen LogP contribution >= 0.6 is 0 Å². The van der Waals surface area contributed by atoms with Crippen molar-refractivity contribution in [2.75, 3.05) is 7.05 Å². The molecule has 100 valence electrons. The van der Waals surface area contributed by atoms with Crippen molar-refractivity contribution in [3.8, 4) is 0 Å². The molecule has 0 bridgehead atoms. The van der Waals surface area contributed by atoms with E-state index < -0.39 is 0 Å². The molecule has 1 aromatic carbocycles. The van der Waals surface area contributed by atoms with Gasteiger partial charge in [-0.05, 0) is 48.2 Å². The second-order valence-electron chi connectivity index (χ2n) is 4.84. The van der Waals surface area contributed by atoms with Crippen molar-refractivity contribution < 1.29 is 0 Å². The fourth-order valence-corrected chi connectivity index (χ4v) is 2.57. The first-order valence-electron chi connectivity index (χ1n) is 6.77. The van der Waals surface area contributed by atoms with Gasteiger partial charge in [0.25, 0.3) is 0 Å². The van der Waals surface area contributed by atoms with Crippen LogP contribution in [0.25, 0.3) is 10.8 Å². The van der Waals surface area contributed by atoms with Crippen molar-refractivity contribution in [2.24, 2.45) is 0 Å². The number of benzene rings is 1. The lowest BCUT2D eigenvalue weighted by Crippen LogP contribution is -2.19. The Labute approximate surface area is 118 Å². The van der Waals surface area contributed by atoms with E-state index in [0.29, 0.717) is 0 Å². The van der Waals surface area contributed by atoms with E-state index in [9.17, 15) is 0 Å². The van der Waals surface area contributed by atoms with Crippen molar-refractivity contribution in [3.63, 3.8) is 0 Å². The van der Waals surface area contributed by atoms with Crippen LogP contribution in [0.5, 0.6) is 0 Å². The molecule has 0 aliphatic heterocycles. The second kappa shape index (κ2) is 5.80. The number of likely N-dealkylation sites (N-methyl/N-ethyl adjacent to an activating group) is 1. The SMILES string of the molecule is CNC(Cc1ccncc1)c1cccc2cnccc12. The van der Waals surface area contributed by atoms with Gasteiger partial charge in [-0.25, -0.2) is 0 Å². The van der Waals surface area contributed by atoms with E-state index in [-0.39, 0.29) is 6.04 Å². The Hall–Kier alpha value is -2.26. The predicted molar refractivity (Wildman–Crippen MR) is 81.5 cm³/mol. The Morgan fingerprint density at radius 2 is 1.80 bits per heavy atom. The third kappa shape index (κ3) is 2.53. The lowest BCUT2D eigenvalue weighted by molar-refractivity contribution is 0.596. The Bertz CT molecular complexity index is 689. The van der Waals surface area contributed by atoms with Gasteiger partial charge in [-0.15, -0.1) is 0 Å². The third-order valence-electron chi connectivity index (χ3n) is 3.63. The predicted octanol–water partition coefficient (Wildman–Crippen LogP) is 3.13. The molecule has 3 aromatic rings.